The Morgan fingerprint density at radius 3 is 2.60 bits per heavy atom. The van der Waals surface area contributed by atoms with Crippen molar-refractivity contribution in [2.45, 2.75) is 56.5 Å². The monoisotopic (exact) mass is 578 g/mol. The van der Waals surface area contributed by atoms with E-state index in [1.54, 1.807) is 0 Å². The number of benzene rings is 3. The standard InChI is InChI=1S/C29H27ClF4N2O4/c30-25-20(31)12-22-19(23(25)24-18(27(35)38)9-10-21(26(24)32)39-28(33)34)13-29(40-22,15-5-2-1-3-6-15)14-36-16-7-4-8-17(37)11-16/h1-3,5-6,9-10,12,16-17,28,36-37H,4,7-8,11,13-14H2,(H2,35,38)/t16-,17+,29-/m1/s1. The van der Waals surface area contributed by atoms with Crippen LogP contribution in [0.5, 0.6) is 11.5 Å². The number of hydrogen-bond acceptors (Lipinski definition) is 5. The fraction of sp³-hybridized carbons (Fsp3) is 0.345. The number of primary amides is 1. The maximum absolute atomic E-state index is 15.7. The quantitative estimate of drug-likeness (QED) is 0.298. The summed E-state index contributed by atoms with van der Waals surface area (Å²) in [5.41, 5.74) is 4.24. The van der Waals surface area contributed by atoms with Gasteiger partial charge in [0.1, 0.15) is 11.6 Å². The van der Waals surface area contributed by atoms with Crippen LogP contribution >= 0.6 is 11.6 Å². The number of aliphatic hydroxyl groups excluding tert-OH is 1. The van der Waals surface area contributed by atoms with Gasteiger partial charge in [-0.15, -0.1) is 0 Å². The van der Waals surface area contributed by atoms with Gasteiger partial charge in [0.05, 0.1) is 16.7 Å². The molecule has 0 aromatic heterocycles. The highest BCUT2D eigenvalue weighted by molar-refractivity contribution is 6.34. The van der Waals surface area contributed by atoms with Gasteiger partial charge >= 0.3 is 6.61 Å². The lowest BCUT2D eigenvalue weighted by Gasteiger charge is -2.34. The molecule has 0 spiro atoms. The van der Waals surface area contributed by atoms with Crippen LogP contribution in [0.4, 0.5) is 17.6 Å². The summed E-state index contributed by atoms with van der Waals surface area (Å²) >= 11 is 6.39. The average Bonchev–Trinajstić information content (AvgIpc) is 3.29. The van der Waals surface area contributed by atoms with E-state index in [-0.39, 0.29) is 41.4 Å². The number of halogens is 5. The highest BCUT2D eigenvalue weighted by Crippen LogP contribution is 2.50. The molecule has 5 rings (SSSR count). The number of carbonyl (C=O) groups excluding carboxylic acids is 1. The van der Waals surface area contributed by atoms with Crippen LogP contribution in [-0.2, 0) is 12.0 Å². The second-order valence-electron chi connectivity index (χ2n) is 10.1. The van der Waals surface area contributed by atoms with E-state index >= 15 is 8.78 Å². The maximum atomic E-state index is 15.7. The molecule has 3 atom stereocenters. The number of fused-ring (bicyclic) bond motifs is 1. The smallest absolute Gasteiger partial charge is 0.387 e. The van der Waals surface area contributed by atoms with E-state index in [4.69, 9.17) is 22.1 Å². The van der Waals surface area contributed by atoms with Crippen molar-refractivity contribution in [3.63, 3.8) is 0 Å². The normalized spacial score (nSPS) is 22.2. The molecule has 0 bridgehead atoms. The minimum Gasteiger partial charge on any atom is -0.480 e. The number of hydrogen-bond donors (Lipinski definition) is 3. The van der Waals surface area contributed by atoms with Crippen LogP contribution in [-0.4, -0.2) is 36.3 Å². The lowest BCUT2D eigenvalue weighted by Crippen LogP contribution is -2.47. The molecule has 3 aromatic rings. The third-order valence-electron chi connectivity index (χ3n) is 7.51. The predicted molar refractivity (Wildman–Crippen MR) is 141 cm³/mol. The van der Waals surface area contributed by atoms with Crippen LogP contribution in [0.25, 0.3) is 11.1 Å². The molecule has 1 fully saturated rings. The summed E-state index contributed by atoms with van der Waals surface area (Å²) in [7, 11) is 0. The van der Waals surface area contributed by atoms with Crippen molar-refractivity contribution in [1.82, 2.24) is 5.32 Å². The predicted octanol–water partition coefficient (Wildman–Crippen LogP) is 5.71. The molecule has 1 aliphatic carbocycles. The Balaban J connectivity index is 1.64. The molecule has 1 amide bonds. The van der Waals surface area contributed by atoms with Crippen LogP contribution in [0.3, 0.4) is 0 Å². The lowest BCUT2D eigenvalue weighted by molar-refractivity contribution is -0.0521. The topological polar surface area (TPSA) is 93.8 Å². The summed E-state index contributed by atoms with van der Waals surface area (Å²) < 4.78 is 67.7. The van der Waals surface area contributed by atoms with E-state index in [2.05, 4.69) is 10.1 Å². The van der Waals surface area contributed by atoms with Crippen LogP contribution in [0.2, 0.25) is 5.02 Å². The van der Waals surface area contributed by atoms with Crippen molar-refractivity contribution >= 4 is 17.5 Å². The third-order valence-corrected chi connectivity index (χ3v) is 7.88. The minimum absolute atomic E-state index is 0.0125. The molecule has 212 valence electrons. The highest BCUT2D eigenvalue weighted by atomic mass is 35.5. The Morgan fingerprint density at radius 1 is 1.18 bits per heavy atom. The van der Waals surface area contributed by atoms with E-state index < -0.39 is 52.2 Å². The second-order valence-corrected chi connectivity index (χ2v) is 10.5. The molecule has 40 heavy (non-hydrogen) atoms. The van der Waals surface area contributed by atoms with E-state index in [1.807, 2.05) is 30.3 Å². The van der Waals surface area contributed by atoms with Crippen molar-refractivity contribution in [2.75, 3.05) is 6.54 Å². The summed E-state index contributed by atoms with van der Waals surface area (Å²) in [6.45, 7) is -3.10. The summed E-state index contributed by atoms with van der Waals surface area (Å²) in [5.74, 6) is -4.16. The summed E-state index contributed by atoms with van der Waals surface area (Å²) in [6, 6.07) is 12.1. The fourth-order valence-corrected chi connectivity index (χ4v) is 5.92. The first kappa shape index (κ1) is 28.2. The first-order valence-electron chi connectivity index (χ1n) is 12.8. The van der Waals surface area contributed by atoms with Gasteiger partial charge in [-0.2, -0.15) is 8.78 Å². The summed E-state index contributed by atoms with van der Waals surface area (Å²) in [5, 5.41) is 13.1. The van der Waals surface area contributed by atoms with Gasteiger partial charge in [-0.25, -0.2) is 8.78 Å². The van der Waals surface area contributed by atoms with Crippen LogP contribution < -0.4 is 20.5 Å². The zero-order valence-electron chi connectivity index (χ0n) is 21.2. The molecule has 1 saturated carbocycles. The molecule has 6 nitrogen and oxygen atoms in total. The minimum atomic E-state index is -3.35. The highest BCUT2D eigenvalue weighted by Gasteiger charge is 2.44. The van der Waals surface area contributed by atoms with Gasteiger partial charge in [-0.3, -0.25) is 4.79 Å². The van der Waals surface area contributed by atoms with Crippen LogP contribution in [0.1, 0.15) is 47.2 Å². The third kappa shape index (κ3) is 5.35. The maximum Gasteiger partial charge on any atom is 0.387 e. The van der Waals surface area contributed by atoms with Crippen LogP contribution in [0.15, 0.2) is 48.5 Å². The zero-order chi connectivity index (χ0) is 28.6. The molecule has 11 heteroatoms. The van der Waals surface area contributed by atoms with E-state index in [9.17, 15) is 18.7 Å². The van der Waals surface area contributed by atoms with Crippen molar-refractivity contribution in [2.24, 2.45) is 5.73 Å². The number of amides is 1. The summed E-state index contributed by atoms with van der Waals surface area (Å²) in [6.07, 6.45) is 2.65. The van der Waals surface area contributed by atoms with Gasteiger partial charge in [0, 0.05) is 41.8 Å². The number of alkyl halides is 2. The molecule has 3 aromatic carbocycles. The van der Waals surface area contributed by atoms with E-state index in [0.29, 0.717) is 6.42 Å². The average molecular weight is 579 g/mol. The molecule has 2 aliphatic rings. The SMILES string of the molecule is NC(=O)c1ccc(OC(F)F)c(F)c1-c1c(Cl)c(F)cc2c1C[C@@](CN[C@@H]1CCC[C@H](O)C1)(c1ccccc1)O2. The molecule has 0 unspecified atom stereocenters. The Labute approximate surface area is 233 Å². The zero-order valence-corrected chi connectivity index (χ0v) is 22.0. The summed E-state index contributed by atoms with van der Waals surface area (Å²) in [4.78, 5) is 12.3. The Hall–Kier alpha value is -3.34. The molecule has 1 heterocycles. The van der Waals surface area contributed by atoms with Gasteiger partial charge in [-0.05, 0) is 43.4 Å². The largest absolute Gasteiger partial charge is 0.480 e. The van der Waals surface area contributed by atoms with Crippen molar-refractivity contribution in [3.8, 4) is 22.6 Å². The number of carbonyl (C=O) groups is 1. The van der Waals surface area contributed by atoms with Gasteiger partial charge < -0.3 is 25.6 Å². The van der Waals surface area contributed by atoms with Gasteiger partial charge in [-0.1, -0.05) is 41.9 Å². The van der Waals surface area contributed by atoms with Crippen molar-refractivity contribution in [1.29, 1.82) is 0 Å². The Morgan fingerprint density at radius 2 is 1.93 bits per heavy atom. The van der Waals surface area contributed by atoms with Gasteiger partial charge in [0.15, 0.2) is 17.2 Å². The Kier molecular flexibility index (Phi) is 7.94. The lowest BCUT2D eigenvalue weighted by atomic mass is 9.84. The molecular formula is C29H27ClF4N2O4. The number of aliphatic hydroxyl groups is 1. The van der Waals surface area contributed by atoms with Crippen molar-refractivity contribution in [3.05, 3.63) is 81.9 Å². The van der Waals surface area contributed by atoms with E-state index in [0.717, 1.165) is 43.0 Å². The van der Waals surface area contributed by atoms with Crippen molar-refractivity contribution < 1.29 is 36.9 Å². The first-order valence-corrected chi connectivity index (χ1v) is 13.2. The number of nitrogens with two attached hydrogens (primary N) is 1. The number of ether oxygens (including phenoxy) is 2. The second kappa shape index (κ2) is 11.3. The van der Waals surface area contributed by atoms with Gasteiger partial charge in [0.25, 0.3) is 0 Å². The number of rotatable bonds is 8. The molecule has 1 aliphatic heterocycles. The molecular weight excluding hydrogens is 552 g/mol. The van der Waals surface area contributed by atoms with E-state index in [1.165, 1.54) is 0 Å². The van der Waals surface area contributed by atoms with Crippen LogP contribution in [0, 0.1) is 11.6 Å². The fourth-order valence-electron chi connectivity index (χ4n) is 5.66. The van der Waals surface area contributed by atoms with Gasteiger partial charge in [0.2, 0.25) is 5.91 Å². The molecule has 4 N–H and O–H groups in total. The molecule has 0 radical (unpaired) electrons. The first-order chi connectivity index (χ1) is 19.1. The molecule has 0 saturated heterocycles. The number of nitrogens with one attached hydrogen (secondary N) is 1. The Bertz CT molecular complexity index is 1430.